The number of hydrogen-bond donors (Lipinski definition) is 0. The second kappa shape index (κ2) is 5.28. The molecular formula is C13H20OSi. The van der Waals surface area contributed by atoms with E-state index < -0.39 is 8.32 Å². The Bertz CT molecular complexity index is 315. The highest BCUT2D eigenvalue weighted by Crippen LogP contribution is 2.12. The zero-order chi connectivity index (χ0) is 11.3. The molecule has 0 heterocycles. The second-order valence-corrected chi connectivity index (χ2v) is 8.29. The van der Waals surface area contributed by atoms with E-state index in [0.717, 1.165) is 0 Å². The van der Waals surface area contributed by atoms with Crippen molar-refractivity contribution in [1.29, 1.82) is 0 Å². The summed E-state index contributed by atoms with van der Waals surface area (Å²) >= 11 is 0. The van der Waals surface area contributed by atoms with Crippen molar-refractivity contribution in [3.05, 3.63) is 41.6 Å². The lowest BCUT2D eigenvalue weighted by Gasteiger charge is -2.21. The predicted molar refractivity (Wildman–Crippen MR) is 69.2 cm³/mol. The maximum Gasteiger partial charge on any atom is 0.211 e. The van der Waals surface area contributed by atoms with Crippen molar-refractivity contribution < 1.29 is 4.43 Å². The van der Waals surface area contributed by atoms with E-state index in [1.165, 1.54) is 5.56 Å². The fourth-order valence-electron chi connectivity index (χ4n) is 1.51. The minimum atomic E-state index is -1.63. The highest BCUT2D eigenvalue weighted by molar-refractivity contribution is 6.76. The Hall–Kier alpha value is -0.863. The van der Waals surface area contributed by atoms with E-state index in [2.05, 4.69) is 63.0 Å². The van der Waals surface area contributed by atoms with Crippen molar-refractivity contribution in [2.24, 2.45) is 0 Å². The first-order valence-corrected chi connectivity index (χ1v) is 8.40. The molecule has 0 spiro atoms. The van der Waals surface area contributed by atoms with E-state index in [4.69, 9.17) is 4.43 Å². The van der Waals surface area contributed by atoms with Gasteiger partial charge in [-0.15, -0.1) is 0 Å². The molecule has 82 valence electrons. The SMILES string of the molecule is CC(C)O[Si](C)(C)/C=C/c1ccccc1. The van der Waals surface area contributed by atoms with Gasteiger partial charge in [-0.05, 0) is 32.5 Å². The Labute approximate surface area is 93.9 Å². The van der Waals surface area contributed by atoms with Gasteiger partial charge in [-0.1, -0.05) is 42.1 Å². The molecule has 0 aliphatic rings. The third-order valence-corrected chi connectivity index (χ3v) is 4.06. The summed E-state index contributed by atoms with van der Waals surface area (Å²) in [7, 11) is -1.63. The first-order chi connectivity index (χ1) is 6.99. The fourth-order valence-corrected chi connectivity index (χ4v) is 3.40. The number of hydrogen-bond acceptors (Lipinski definition) is 1. The van der Waals surface area contributed by atoms with Crippen LogP contribution >= 0.6 is 0 Å². The van der Waals surface area contributed by atoms with Gasteiger partial charge in [0, 0.05) is 6.10 Å². The number of benzene rings is 1. The van der Waals surface area contributed by atoms with Crippen LogP contribution < -0.4 is 0 Å². The van der Waals surface area contributed by atoms with Crippen LogP contribution in [0.25, 0.3) is 6.08 Å². The largest absolute Gasteiger partial charge is 0.411 e. The molecule has 0 bridgehead atoms. The van der Waals surface area contributed by atoms with E-state index >= 15 is 0 Å². The van der Waals surface area contributed by atoms with Crippen LogP contribution in [0.2, 0.25) is 13.1 Å². The third-order valence-electron chi connectivity index (χ3n) is 2.02. The standard InChI is InChI=1S/C13H20OSi/c1-12(2)14-15(3,4)11-10-13-8-6-5-7-9-13/h5-12H,1-4H3/b11-10+. The van der Waals surface area contributed by atoms with Crippen LogP contribution in [-0.2, 0) is 4.43 Å². The molecule has 1 aromatic carbocycles. The molecule has 1 nitrogen and oxygen atoms in total. The van der Waals surface area contributed by atoms with Crippen molar-refractivity contribution in [3.8, 4) is 0 Å². The molecule has 1 aromatic rings. The molecule has 0 aliphatic carbocycles. The van der Waals surface area contributed by atoms with Crippen molar-refractivity contribution in [3.63, 3.8) is 0 Å². The summed E-state index contributed by atoms with van der Waals surface area (Å²) in [5.74, 6) is 0. The Morgan fingerprint density at radius 3 is 2.27 bits per heavy atom. The Morgan fingerprint density at radius 2 is 1.73 bits per heavy atom. The van der Waals surface area contributed by atoms with E-state index in [0.29, 0.717) is 6.10 Å². The highest BCUT2D eigenvalue weighted by atomic mass is 28.4. The predicted octanol–water partition coefficient (Wildman–Crippen LogP) is 3.87. The first kappa shape index (κ1) is 12.2. The molecule has 2 heteroatoms. The minimum absolute atomic E-state index is 0.312. The van der Waals surface area contributed by atoms with Crippen molar-refractivity contribution in [2.75, 3.05) is 0 Å². The van der Waals surface area contributed by atoms with Crippen LogP contribution in [0.4, 0.5) is 0 Å². The quantitative estimate of drug-likeness (QED) is 0.700. The van der Waals surface area contributed by atoms with Crippen molar-refractivity contribution in [1.82, 2.24) is 0 Å². The van der Waals surface area contributed by atoms with E-state index in [-0.39, 0.29) is 0 Å². The van der Waals surface area contributed by atoms with Crippen molar-refractivity contribution >= 4 is 14.4 Å². The highest BCUT2D eigenvalue weighted by Gasteiger charge is 2.19. The maximum atomic E-state index is 5.91. The zero-order valence-corrected chi connectivity index (χ0v) is 11.0. The third kappa shape index (κ3) is 4.95. The Morgan fingerprint density at radius 1 is 1.13 bits per heavy atom. The summed E-state index contributed by atoms with van der Waals surface area (Å²) in [5, 5.41) is 0. The molecule has 0 aromatic heterocycles. The lowest BCUT2D eigenvalue weighted by atomic mass is 10.2. The van der Waals surface area contributed by atoms with E-state index in [9.17, 15) is 0 Å². The van der Waals surface area contributed by atoms with Crippen LogP contribution in [-0.4, -0.2) is 14.4 Å². The fraction of sp³-hybridized carbons (Fsp3) is 0.385. The zero-order valence-electron chi connectivity index (χ0n) is 10.0. The molecule has 0 aliphatic heterocycles. The van der Waals surface area contributed by atoms with Crippen molar-refractivity contribution in [2.45, 2.75) is 33.0 Å². The topological polar surface area (TPSA) is 9.23 Å². The molecule has 0 amide bonds. The lowest BCUT2D eigenvalue weighted by Crippen LogP contribution is -2.31. The smallest absolute Gasteiger partial charge is 0.211 e. The Kier molecular flexibility index (Phi) is 4.30. The van der Waals surface area contributed by atoms with Gasteiger partial charge in [-0.3, -0.25) is 0 Å². The maximum absolute atomic E-state index is 5.91. The van der Waals surface area contributed by atoms with Gasteiger partial charge in [0.05, 0.1) is 0 Å². The molecule has 0 atom stereocenters. The molecule has 0 unspecified atom stereocenters. The first-order valence-electron chi connectivity index (χ1n) is 5.42. The van der Waals surface area contributed by atoms with E-state index in [1.54, 1.807) is 0 Å². The summed E-state index contributed by atoms with van der Waals surface area (Å²) in [4.78, 5) is 0. The van der Waals surface area contributed by atoms with Gasteiger partial charge < -0.3 is 4.43 Å². The minimum Gasteiger partial charge on any atom is -0.411 e. The molecule has 1 rings (SSSR count). The van der Waals surface area contributed by atoms with Crippen LogP contribution in [0.3, 0.4) is 0 Å². The summed E-state index contributed by atoms with van der Waals surface area (Å²) in [6, 6.07) is 10.4. The monoisotopic (exact) mass is 220 g/mol. The van der Waals surface area contributed by atoms with Crippen LogP contribution in [0.1, 0.15) is 19.4 Å². The van der Waals surface area contributed by atoms with Crippen LogP contribution in [0.15, 0.2) is 36.0 Å². The summed E-state index contributed by atoms with van der Waals surface area (Å²) in [6.07, 6.45) is 2.47. The normalized spacial score (nSPS) is 12.6. The molecule has 0 radical (unpaired) electrons. The molecular weight excluding hydrogens is 200 g/mol. The molecule has 0 saturated heterocycles. The van der Waals surface area contributed by atoms with Gasteiger partial charge in [-0.25, -0.2) is 0 Å². The summed E-state index contributed by atoms with van der Waals surface area (Å²) < 4.78 is 5.91. The van der Waals surface area contributed by atoms with Gasteiger partial charge >= 0.3 is 0 Å². The molecule has 0 N–H and O–H groups in total. The van der Waals surface area contributed by atoms with Gasteiger partial charge in [0.2, 0.25) is 8.32 Å². The van der Waals surface area contributed by atoms with Crippen LogP contribution in [0.5, 0.6) is 0 Å². The van der Waals surface area contributed by atoms with E-state index in [1.807, 2.05) is 6.07 Å². The van der Waals surface area contributed by atoms with Crippen LogP contribution in [0, 0.1) is 0 Å². The lowest BCUT2D eigenvalue weighted by molar-refractivity contribution is 0.238. The average molecular weight is 220 g/mol. The second-order valence-electron chi connectivity index (χ2n) is 4.51. The molecule has 0 saturated carbocycles. The summed E-state index contributed by atoms with van der Waals surface area (Å²) in [6.45, 7) is 8.61. The van der Waals surface area contributed by atoms with Gasteiger partial charge in [0.1, 0.15) is 0 Å². The van der Waals surface area contributed by atoms with Gasteiger partial charge in [0.15, 0.2) is 0 Å². The molecule has 15 heavy (non-hydrogen) atoms. The Balaban J connectivity index is 2.64. The van der Waals surface area contributed by atoms with Gasteiger partial charge in [-0.2, -0.15) is 0 Å². The average Bonchev–Trinajstić information content (AvgIpc) is 2.15. The van der Waals surface area contributed by atoms with Gasteiger partial charge in [0.25, 0.3) is 0 Å². The molecule has 0 fully saturated rings. The summed E-state index contributed by atoms with van der Waals surface area (Å²) in [5.41, 5.74) is 3.48. The number of rotatable bonds is 4.